The molecular weight excluding hydrogens is 372 g/mol. The first-order valence-electron chi connectivity index (χ1n) is 10.4. The number of para-hydroxylation sites is 1. The molecule has 4 heteroatoms. The highest BCUT2D eigenvalue weighted by Crippen LogP contribution is 2.50. The number of carbonyl (C=O) groups is 1. The molecule has 3 aromatic carbocycles. The molecule has 0 spiro atoms. The van der Waals surface area contributed by atoms with Crippen molar-refractivity contribution in [3.8, 4) is 5.75 Å². The van der Waals surface area contributed by atoms with Gasteiger partial charge in [-0.25, -0.2) is 0 Å². The largest absolute Gasteiger partial charge is 0.508 e. The molecule has 3 aromatic rings. The Morgan fingerprint density at radius 1 is 1.00 bits per heavy atom. The fourth-order valence-corrected chi connectivity index (χ4v) is 4.70. The van der Waals surface area contributed by atoms with E-state index in [1.54, 1.807) is 12.1 Å². The van der Waals surface area contributed by atoms with Gasteiger partial charge in [0.05, 0.1) is 17.3 Å². The van der Waals surface area contributed by atoms with E-state index in [0.717, 1.165) is 23.2 Å². The van der Waals surface area contributed by atoms with Gasteiger partial charge in [-0.15, -0.1) is 0 Å². The average molecular weight is 396 g/mol. The predicted octanol–water partition coefficient (Wildman–Crippen LogP) is 5.15. The van der Waals surface area contributed by atoms with Crippen molar-refractivity contribution in [2.45, 2.75) is 24.9 Å². The number of hydrogen-bond donors (Lipinski definition) is 3. The highest BCUT2D eigenvalue weighted by Gasteiger charge is 2.39. The lowest BCUT2D eigenvalue weighted by Crippen LogP contribution is -2.32. The Labute approximate surface area is 176 Å². The van der Waals surface area contributed by atoms with E-state index in [-0.39, 0.29) is 23.6 Å². The molecule has 0 radical (unpaired) electrons. The molecule has 150 valence electrons. The van der Waals surface area contributed by atoms with E-state index in [9.17, 15) is 9.90 Å². The summed E-state index contributed by atoms with van der Waals surface area (Å²) >= 11 is 0. The summed E-state index contributed by atoms with van der Waals surface area (Å²) in [7, 11) is 0. The summed E-state index contributed by atoms with van der Waals surface area (Å²) in [4.78, 5) is 13.1. The topological polar surface area (TPSA) is 61.4 Å². The first kappa shape index (κ1) is 18.5. The first-order valence-corrected chi connectivity index (χ1v) is 10.4. The molecule has 3 N–H and O–H groups in total. The van der Waals surface area contributed by atoms with Crippen molar-refractivity contribution in [1.82, 2.24) is 5.32 Å². The second kappa shape index (κ2) is 7.71. The van der Waals surface area contributed by atoms with Gasteiger partial charge in [0.25, 0.3) is 5.91 Å². The number of nitrogens with one attached hydrogen (secondary N) is 2. The molecule has 30 heavy (non-hydrogen) atoms. The molecule has 1 aliphatic carbocycles. The third-order valence-electron chi connectivity index (χ3n) is 6.19. The van der Waals surface area contributed by atoms with Crippen molar-refractivity contribution in [2.75, 3.05) is 5.32 Å². The molecule has 2 aliphatic rings. The van der Waals surface area contributed by atoms with Crippen LogP contribution in [0.1, 0.15) is 45.4 Å². The van der Waals surface area contributed by atoms with Gasteiger partial charge in [0.1, 0.15) is 5.75 Å². The van der Waals surface area contributed by atoms with Gasteiger partial charge in [0, 0.05) is 12.5 Å². The van der Waals surface area contributed by atoms with E-state index >= 15 is 0 Å². The average Bonchev–Trinajstić information content (AvgIpc) is 3.28. The smallest absolute Gasteiger partial charge is 0.253 e. The van der Waals surface area contributed by atoms with Gasteiger partial charge in [-0.05, 0) is 47.2 Å². The maximum atomic E-state index is 13.1. The first-order chi connectivity index (χ1) is 14.7. The van der Waals surface area contributed by atoms with Crippen molar-refractivity contribution in [1.29, 1.82) is 0 Å². The van der Waals surface area contributed by atoms with Crippen LogP contribution in [0, 0.1) is 5.92 Å². The summed E-state index contributed by atoms with van der Waals surface area (Å²) in [6.07, 6.45) is 5.50. The van der Waals surface area contributed by atoms with Crippen molar-refractivity contribution in [3.63, 3.8) is 0 Å². The highest BCUT2D eigenvalue weighted by atomic mass is 16.3. The molecule has 0 bridgehead atoms. The molecule has 1 aliphatic heterocycles. The number of phenols is 1. The number of benzene rings is 3. The van der Waals surface area contributed by atoms with Crippen LogP contribution in [0.4, 0.5) is 5.69 Å². The minimum atomic E-state index is -0.0758. The number of phenolic OH excluding ortho intramolecular Hbond substituents is 1. The van der Waals surface area contributed by atoms with E-state index in [0.29, 0.717) is 18.0 Å². The van der Waals surface area contributed by atoms with Gasteiger partial charge in [-0.2, -0.15) is 0 Å². The van der Waals surface area contributed by atoms with E-state index in [1.165, 1.54) is 5.56 Å². The molecule has 3 unspecified atom stereocenters. The van der Waals surface area contributed by atoms with Crippen LogP contribution in [-0.2, 0) is 6.54 Å². The van der Waals surface area contributed by atoms with Crippen LogP contribution in [-0.4, -0.2) is 11.0 Å². The van der Waals surface area contributed by atoms with Crippen molar-refractivity contribution < 1.29 is 9.90 Å². The number of carbonyl (C=O) groups excluding carboxylic acids is 1. The predicted molar refractivity (Wildman–Crippen MR) is 119 cm³/mol. The Balaban J connectivity index is 1.47. The quantitative estimate of drug-likeness (QED) is 0.535. The Hall–Kier alpha value is -3.53. The molecule has 5 rings (SSSR count). The summed E-state index contributed by atoms with van der Waals surface area (Å²) in [5, 5.41) is 16.4. The lowest BCUT2D eigenvalue weighted by molar-refractivity contribution is 0.0951. The Kier molecular flexibility index (Phi) is 4.75. The highest BCUT2D eigenvalue weighted by molar-refractivity contribution is 6.00. The van der Waals surface area contributed by atoms with E-state index in [1.807, 2.05) is 54.6 Å². The third-order valence-corrected chi connectivity index (χ3v) is 6.19. The fourth-order valence-electron chi connectivity index (χ4n) is 4.70. The van der Waals surface area contributed by atoms with Crippen LogP contribution in [0.25, 0.3) is 0 Å². The van der Waals surface area contributed by atoms with E-state index in [2.05, 4.69) is 28.9 Å². The monoisotopic (exact) mass is 396 g/mol. The van der Waals surface area contributed by atoms with Crippen LogP contribution < -0.4 is 10.6 Å². The number of aromatic hydroxyl groups is 1. The van der Waals surface area contributed by atoms with Crippen LogP contribution in [0.5, 0.6) is 5.75 Å². The van der Waals surface area contributed by atoms with Gasteiger partial charge >= 0.3 is 0 Å². The van der Waals surface area contributed by atoms with Gasteiger partial charge in [-0.3, -0.25) is 4.79 Å². The molecule has 1 amide bonds. The molecule has 4 nitrogen and oxygen atoms in total. The van der Waals surface area contributed by atoms with Crippen molar-refractivity contribution in [2.24, 2.45) is 5.92 Å². The molecule has 0 saturated carbocycles. The summed E-state index contributed by atoms with van der Waals surface area (Å²) in [5.74, 6) is 0.858. The second-order valence-electron chi connectivity index (χ2n) is 8.01. The summed E-state index contributed by atoms with van der Waals surface area (Å²) < 4.78 is 0. The normalized spacial score (nSPS) is 21.4. The fraction of sp³-hybridized carbons (Fsp3) is 0.192. The van der Waals surface area contributed by atoms with Crippen LogP contribution in [0.15, 0.2) is 84.9 Å². The molecule has 3 atom stereocenters. The zero-order valence-corrected chi connectivity index (χ0v) is 16.6. The van der Waals surface area contributed by atoms with Gasteiger partial charge in [-0.1, -0.05) is 66.7 Å². The van der Waals surface area contributed by atoms with Gasteiger partial charge in [0.2, 0.25) is 0 Å². The molecule has 0 saturated heterocycles. The van der Waals surface area contributed by atoms with E-state index < -0.39 is 0 Å². The molecule has 0 aromatic heterocycles. The van der Waals surface area contributed by atoms with Crippen molar-refractivity contribution in [3.05, 3.63) is 107 Å². The van der Waals surface area contributed by atoms with E-state index in [4.69, 9.17) is 0 Å². The summed E-state index contributed by atoms with van der Waals surface area (Å²) in [6, 6.07) is 23.4. The maximum absolute atomic E-state index is 13.1. The molecular formula is C26H24N2O2. The number of amides is 1. The second-order valence-corrected chi connectivity index (χ2v) is 8.01. The molecule has 0 fully saturated rings. The number of anilines is 1. The lowest BCUT2D eigenvalue weighted by Gasteiger charge is -2.38. The number of fused-ring (bicyclic) bond motifs is 3. The molecule has 1 heterocycles. The maximum Gasteiger partial charge on any atom is 0.253 e. The zero-order chi connectivity index (χ0) is 20.5. The summed E-state index contributed by atoms with van der Waals surface area (Å²) in [6.45, 7) is 0.497. The number of hydrogen-bond acceptors (Lipinski definition) is 3. The van der Waals surface area contributed by atoms with Gasteiger partial charge < -0.3 is 15.7 Å². The third kappa shape index (κ3) is 3.35. The minimum Gasteiger partial charge on any atom is -0.508 e. The Morgan fingerprint density at radius 3 is 2.60 bits per heavy atom. The van der Waals surface area contributed by atoms with Crippen molar-refractivity contribution >= 4 is 11.6 Å². The Morgan fingerprint density at radius 2 is 1.80 bits per heavy atom. The SMILES string of the molecule is O=C(NCc1ccccc1)c1cccc2c1NC(c1ccc(O)cc1)C1CC=CC21. The minimum absolute atomic E-state index is 0.0758. The standard InChI is InChI=1S/C26H24N2O2/c29-19-14-12-18(13-15-19)24-21-9-4-8-20(21)22-10-5-11-23(25(22)28-24)26(30)27-16-17-6-2-1-3-7-17/h1-8,10-15,20-21,24,28-29H,9,16H2,(H,27,30). The van der Waals surface area contributed by atoms with Crippen LogP contribution in [0.2, 0.25) is 0 Å². The lowest BCUT2D eigenvalue weighted by atomic mass is 9.76. The Bertz CT molecular complexity index is 1090. The summed E-state index contributed by atoms with van der Waals surface area (Å²) in [5.41, 5.74) is 4.96. The number of rotatable bonds is 4. The van der Waals surface area contributed by atoms with Crippen LogP contribution in [0.3, 0.4) is 0 Å². The zero-order valence-electron chi connectivity index (χ0n) is 16.6. The van der Waals surface area contributed by atoms with Crippen LogP contribution >= 0.6 is 0 Å². The van der Waals surface area contributed by atoms with Gasteiger partial charge in [0.15, 0.2) is 0 Å². The number of allylic oxidation sites excluding steroid dienone is 2.